The summed E-state index contributed by atoms with van der Waals surface area (Å²) in [6, 6.07) is 20.1. The van der Waals surface area contributed by atoms with E-state index < -0.39 is 0 Å². The lowest BCUT2D eigenvalue weighted by Crippen LogP contribution is -2.27. The van der Waals surface area contributed by atoms with Gasteiger partial charge in [0.15, 0.2) is 0 Å². The maximum Gasteiger partial charge on any atom is 0.315 e. The molecule has 2 heteroatoms. The fourth-order valence-corrected chi connectivity index (χ4v) is 2.92. The van der Waals surface area contributed by atoms with Gasteiger partial charge in [-0.15, -0.1) is 0 Å². The molecule has 0 amide bonds. The summed E-state index contributed by atoms with van der Waals surface area (Å²) in [5.74, 6) is 0.429. The molecule has 0 radical (unpaired) electrons. The van der Waals surface area contributed by atoms with Gasteiger partial charge in [0.25, 0.3) is 0 Å². The third kappa shape index (κ3) is 3.59. The van der Waals surface area contributed by atoms with Crippen LogP contribution in [0.3, 0.4) is 0 Å². The molecule has 2 aromatic rings. The standard InChI is InChI=1S/C21H20O2/c1-2-19-20(17-11-7-4-8-12-17)15-18(23-21(19)22)14-13-16-9-5-3-6-10-16/h3-15,19-20H,2H2,1H3/b14-13+/t19-,20-/m0/s1. The monoisotopic (exact) mass is 304 g/mol. The molecular weight excluding hydrogens is 284 g/mol. The summed E-state index contributed by atoms with van der Waals surface area (Å²) in [4.78, 5) is 12.3. The second kappa shape index (κ2) is 7.10. The van der Waals surface area contributed by atoms with Crippen molar-refractivity contribution in [1.29, 1.82) is 0 Å². The molecule has 0 spiro atoms. The van der Waals surface area contributed by atoms with E-state index in [0.29, 0.717) is 5.76 Å². The molecule has 1 aliphatic heterocycles. The maximum atomic E-state index is 12.3. The van der Waals surface area contributed by atoms with Gasteiger partial charge in [-0.2, -0.15) is 0 Å². The maximum absolute atomic E-state index is 12.3. The molecule has 0 N–H and O–H groups in total. The van der Waals surface area contributed by atoms with Crippen LogP contribution in [-0.2, 0) is 9.53 Å². The van der Waals surface area contributed by atoms with E-state index in [9.17, 15) is 4.79 Å². The number of benzene rings is 2. The van der Waals surface area contributed by atoms with Gasteiger partial charge in [-0.05, 0) is 29.7 Å². The highest BCUT2D eigenvalue weighted by atomic mass is 16.5. The predicted molar refractivity (Wildman–Crippen MR) is 92.6 cm³/mol. The van der Waals surface area contributed by atoms with Gasteiger partial charge in [-0.25, -0.2) is 0 Å². The van der Waals surface area contributed by atoms with Crippen molar-refractivity contribution < 1.29 is 9.53 Å². The Hall–Kier alpha value is -2.61. The Morgan fingerprint density at radius 1 is 0.957 bits per heavy atom. The minimum absolute atomic E-state index is 0.0675. The van der Waals surface area contributed by atoms with Gasteiger partial charge in [0.05, 0.1) is 5.92 Å². The van der Waals surface area contributed by atoms with Crippen LogP contribution < -0.4 is 0 Å². The molecule has 0 saturated carbocycles. The predicted octanol–water partition coefficient (Wildman–Crippen LogP) is 4.95. The largest absolute Gasteiger partial charge is 0.427 e. The molecule has 0 fully saturated rings. The lowest BCUT2D eigenvalue weighted by Gasteiger charge is -2.27. The van der Waals surface area contributed by atoms with Crippen molar-refractivity contribution in [3.63, 3.8) is 0 Å². The molecule has 2 atom stereocenters. The molecule has 0 saturated heterocycles. The van der Waals surface area contributed by atoms with Crippen LogP contribution in [0.1, 0.15) is 30.4 Å². The lowest BCUT2D eigenvalue weighted by atomic mass is 9.82. The highest BCUT2D eigenvalue weighted by Gasteiger charge is 2.32. The first-order valence-electron chi connectivity index (χ1n) is 7.99. The first kappa shape index (κ1) is 15.3. The number of esters is 1. The van der Waals surface area contributed by atoms with Crippen molar-refractivity contribution in [2.45, 2.75) is 19.3 Å². The van der Waals surface area contributed by atoms with Crippen LogP contribution in [0.2, 0.25) is 0 Å². The van der Waals surface area contributed by atoms with Gasteiger partial charge in [0, 0.05) is 5.92 Å². The minimum Gasteiger partial charge on any atom is -0.427 e. The van der Waals surface area contributed by atoms with Crippen LogP contribution in [-0.4, -0.2) is 5.97 Å². The Kier molecular flexibility index (Phi) is 4.72. The summed E-state index contributed by atoms with van der Waals surface area (Å²) in [5.41, 5.74) is 2.24. The van der Waals surface area contributed by atoms with E-state index in [4.69, 9.17) is 4.74 Å². The fourth-order valence-electron chi connectivity index (χ4n) is 2.92. The van der Waals surface area contributed by atoms with Crippen LogP contribution in [0.4, 0.5) is 0 Å². The van der Waals surface area contributed by atoms with E-state index in [1.54, 1.807) is 0 Å². The van der Waals surface area contributed by atoms with E-state index >= 15 is 0 Å². The number of carbonyl (C=O) groups is 1. The molecule has 0 unspecified atom stereocenters. The van der Waals surface area contributed by atoms with Crippen molar-refractivity contribution in [1.82, 2.24) is 0 Å². The third-order valence-electron chi connectivity index (χ3n) is 4.16. The molecule has 3 rings (SSSR count). The summed E-state index contributed by atoms with van der Waals surface area (Å²) in [6.45, 7) is 2.03. The van der Waals surface area contributed by atoms with Crippen molar-refractivity contribution in [3.8, 4) is 0 Å². The SMILES string of the molecule is CC[C@@H]1C(=O)OC(/C=C/c2ccccc2)=C[C@H]1c1ccccc1. The Morgan fingerprint density at radius 2 is 1.61 bits per heavy atom. The molecule has 1 aliphatic rings. The van der Waals surface area contributed by atoms with Crippen molar-refractivity contribution in [2.75, 3.05) is 0 Å². The van der Waals surface area contributed by atoms with E-state index in [1.165, 1.54) is 0 Å². The van der Waals surface area contributed by atoms with Gasteiger partial charge in [0.1, 0.15) is 5.76 Å². The number of cyclic esters (lactones) is 1. The Balaban J connectivity index is 1.90. The van der Waals surface area contributed by atoms with E-state index in [2.05, 4.69) is 18.2 Å². The zero-order chi connectivity index (χ0) is 16.1. The molecule has 2 nitrogen and oxygen atoms in total. The summed E-state index contributed by atoms with van der Waals surface area (Å²) < 4.78 is 5.50. The van der Waals surface area contributed by atoms with Gasteiger partial charge < -0.3 is 4.74 Å². The molecule has 116 valence electrons. The van der Waals surface area contributed by atoms with E-state index in [-0.39, 0.29) is 17.8 Å². The van der Waals surface area contributed by atoms with Gasteiger partial charge in [-0.1, -0.05) is 73.7 Å². The molecule has 1 heterocycles. The first-order chi connectivity index (χ1) is 11.3. The minimum atomic E-state index is -0.142. The molecule has 2 aromatic carbocycles. The summed E-state index contributed by atoms with van der Waals surface area (Å²) in [5, 5.41) is 0. The molecule has 0 aliphatic carbocycles. The number of hydrogen-bond acceptors (Lipinski definition) is 2. The second-order valence-corrected chi connectivity index (χ2v) is 5.69. The Labute approximate surface area is 137 Å². The van der Waals surface area contributed by atoms with E-state index in [1.807, 2.05) is 67.6 Å². The van der Waals surface area contributed by atoms with Crippen molar-refractivity contribution in [2.24, 2.45) is 5.92 Å². The van der Waals surface area contributed by atoms with Crippen LogP contribution >= 0.6 is 0 Å². The summed E-state index contributed by atoms with van der Waals surface area (Å²) >= 11 is 0. The zero-order valence-electron chi connectivity index (χ0n) is 13.2. The van der Waals surface area contributed by atoms with Gasteiger partial charge in [-0.3, -0.25) is 4.79 Å². The Bertz CT molecular complexity index is 714. The number of carbonyl (C=O) groups excluding carboxylic acids is 1. The van der Waals surface area contributed by atoms with Crippen molar-refractivity contribution >= 4 is 12.0 Å². The van der Waals surface area contributed by atoms with Crippen molar-refractivity contribution in [3.05, 3.63) is 89.7 Å². The highest BCUT2D eigenvalue weighted by molar-refractivity contribution is 5.77. The van der Waals surface area contributed by atoms with Gasteiger partial charge in [0.2, 0.25) is 0 Å². The lowest BCUT2D eigenvalue weighted by molar-refractivity contribution is -0.145. The normalized spacial score (nSPS) is 21.1. The van der Waals surface area contributed by atoms with Crippen LogP contribution in [0.15, 0.2) is 78.6 Å². The second-order valence-electron chi connectivity index (χ2n) is 5.69. The number of hydrogen-bond donors (Lipinski definition) is 0. The zero-order valence-corrected chi connectivity index (χ0v) is 13.2. The average Bonchev–Trinajstić information content (AvgIpc) is 2.61. The smallest absolute Gasteiger partial charge is 0.315 e. The fraction of sp³-hybridized carbons (Fsp3) is 0.190. The van der Waals surface area contributed by atoms with E-state index in [0.717, 1.165) is 17.5 Å². The number of rotatable bonds is 4. The highest BCUT2D eigenvalue weighted by Crippen LogP contribution is 2.35. The van der Waals surface area contributed by atoms with Crippen LogP contribution in [0.25, 0.3) is 6.08 Å². The quantitative estimate of drug-likeness (QED) is 0.747. The summed E-state index contributed by atoms with van der Waals surface area (Å²) in [6.07, 6.45) is 6.66. The van der Waals surface area contributed by atoms with Crippen LogP contribution in [0.5, 0.6) is 0 Å². The van der Waals surface area contributed by atoms with Gasteiger partial charge >= 0.3 is 5.97 Å². The molecule has 0 aromatic heterocycles. The average molecular weight is 304 g/mol. The Morgan fingerprint density at radius 3 is 2.26 bits per heavy atom. The molecule has 23 heavy (non-hydrogen) atoms. The molecule has 0 bridgehead atoms. The molecular formula is C21H20O2. The first-order valence-corrected chi connectivity index (χ1v) is 7.99. The summed E-state index contributed by atoms with van der Waals surface area (Å²) in [7, 11) is 0. The third-order valence-corrected chi connectivity index (χ3v) is 4.16. The topological polar surface area (TPSA) is 26.3 Å². The van der Waals surface area contributed by atoms with Crippen LogP contribution in [0, 0.1) is 5.92 Å². The number of allylic oxidation sites excluding steroid dienone is 2. The number of ether oxygens (including phenoxy) is 1.